The Morgan fingerprint density at radius 2 is 0.950 bits per heavy atom. The molecule has 0 N–H and O–H groups in total. The smallest absolute Gasteiger partial charge is 0.316 e. The first-order valence-corrected chi connectivity index (χ1v) is 6.99. The van der Waals surface area contributed by atoms with Crippen LogP contribution in [-0.4, -0.2) is 15.8 Å². The average Bonchev–Trinajstić information content (AvgIpc) is 3.10. The third-order valence-electron chi connectivity index (χ3n) is 4.22. The number of fused-ring (bicyclic) bond motifs is 2. The molecule has 0 aliphatic carbocycles. The van der Waals surface area contributed by atoms with E-state index in [-0.39, 0.29) is 6.03 Å². The van der Waals surface area contributed by atoms with Gasteiger partial charge in [0.1, 0.15) is 0 Å². The molecule has 0 unspecified atom stereocenters. The standard InChI is InChI=1S/C17H16N2O/c20-17(18-9-13-5-1-2-6-14(13)10-18)19-11-15-7-3-4-8-16(15)12-19/h1-8H,9-12H2. The van der Waals surface area contributed by atoms with E-state index in [0.29, 0.717) is 0 Å². The molecule has 0 saturated carbocycles. The Morgan fingerprint density at radius 3 is 1.25 bits per heavy atom. The number of amides is 2. The van der Waals surface area contributed by atoms with Crippen LogP contribution in [0.4, 0.5) is 4.79 Å². The molecule has 3 nitrogen and oxygen atoms in total. The van der Waals surface area contributed by atoms with Crippen LogP contribution in [0, 0.1) is 0 Å². The quantitative estimate of drug-likeness (QED) is 0.717. The van der Waals surface area contributed by atoms with Crippen LogP contribution < -0.4 is 0 Å². The normalized spacial score (nSPS) is 16.2. The lowest BCUT2D eigenvalue weighted by molar-refractivity contribution is 0.152. The summed E-state index contributed by atoms with van der Waals surface area (Å²) in [7, 11) is 0. The Balaban J connectivity index is 1.51. The highest BCUT2D eigenvalue weighted by atomic mass is 16.2. The summed E-state index contributed by atoms with van der Waals surface area (Å²) in [6.07, 6.45) is 0. The predicted molar refractivity (Wildman–Crippen MR) is 76.8 cm³/mol. The fourth-order valence-electron chi connectivity index (χ4n) is 3.14. The summed E-state index contributed by atoms with van der Waals surface area (Å²) in [4.78, 5) is 16.5. The van der Waals surface area contributed by atoms with Gasteiger partial charge in [-0.2, -0.15) is 0 Å². The van der Waals surface area contributed by atoms with Crippen LogP contribution in [0.15, 0.2) is 48.5 Å². The van der Waals surface area contributed by atoms with Crippen LogP contribution in [0.25, 0.3) is 0 Å². The van der Waals surface area contributed by atoms with Gasteiger partial charge in [0.25, 0.3) is 0 Å². The largest absolute Gasteiger partial charge is 0.321 e. The Hall–Kier alpha value is -2.29. The molecule has 2 aliphatic rings. The minimum absolute atomic E-state index is 0.150. The zero-order valence-corrected chi connectivity index (χ0v) is 11.2. The molecule has 4 rings (SSSR count). The van der Waals surface area contributed by atoms with E-state index in [1.54, 1.807) is 0 Å². The van der Waals surface area contributed by atoms with E-state index in [1.807, 2.05) is 34.1 Å². The lowest BCUT2D eigenvalue weighted by Crippen LogP contribution is -2.37. The van der Waals surface area contributed by atoms with Crippen molar-refractivity contribution < 1.29 is 4.79 Å². The van der Waals surface area contributed by atoms with Gasteiger partial charge in [0.05, 0.1) is 0 Å². The SMILES string of the molecule is O=C(N1Cc2ccccc2C1)N1Cc2ccccc2C1. The summed E-state index contributed by atoms with van der Waals surface area (Å²) in [5.74, 6) is 0. The predicted octanol–water partition coefficient (Wildman–Crippen LogP) is 3.14. The lowest BCUT2D eigenvalue weighted by atomic mass is 10.1. The number of urea groups is 1. The number of hydrogen-bond acceptors (Lipinski definition) is 1. The molecule has 0 radical (unpaired) electrons. The van der Waals surface area contributed by atoms with Gasteiger partial charge in [-0.05, 0) is 22.3 Å². The maximum absolute atomic E-state index is 12.6. The van der Waals surface area contributed by atoms with Crippen LogP contribution in [0.2, 0.25) is 0 Å². The summed E-state index contributed by atoms with van der Waals surface area (Å²) in [6.45, 7) is 2.95. The first-order chi connectivity index (χ1) is 9.81. The van der Waals surface area contributed by atoms with E-state index < -0.39 is 0 Å². The molecule has 0 bridgehead atoms. The molecule has 20 heavy (non-hydrogen) atoms. The molecular weight excluding hydrogens is 248 g/mol. The third kappa shape index (κ3) is 1.78. The second-order valence-electron chi connectivity index (χ2n) is 5.53. The molecule has 2 aromatic rings. The monoisotopic (exact) mass is 264 g/mol. The average molecular weight is 264 g/mol. The molecular formula is C17H16N2O. The van der Waals surface area contributed by atoms with Gasteiger partial charge in [0, 0.05) is 26.2 Å². The first-order valence-electron chi connectivity index (χ1n) is 6.99. The van der Waals surface area contributed by atoms with E-state index in [4.69, 9.17) is 0 Å². The maximum Gasteiger partial charge on any atom is 0.321 e. The summed E-state index contributed by atoms with van der Waals surface area (Å²) in [5, 5.41) is 0. The van der Waals surface area contributed by atoms with Crippen molar-refractivity contribution in [1.82, 2.24) is 9.80 Å². The molecule has 0 atom stereocenters. The maximum atomic E-state index is 12.6. The zero-order valence-electron chi connectivity index (χ0n) is 11.2. The van der Waals surface area contributed by atoms with Crippen molar-refractivity contribution in [3.63, 3.8) is 0 Å². The van der Waals surface area contributed by atoms with E-state index in [2.05, 4.69) is 24.3 Å². The molecule has 0 saturated heterocycles. The van der Waals surface area contributed by atoms with Crippen molar-refractivity contribution in [2.45, 2.75) is 26.2 Å². The van der Waals surface area contributed by atoms with Gasteiger partial charge >= 0.3 is 6.03 Å². The number of carbonyl (C=O) groups excluding carboxylic acids is 1. The Labute approximate surface area is 118 Å². The number of rotatable bonds is 0. The summed E-state index contributed by atoms with van der Waals surface area (Å²) >= 11 is 0. The van der Waals surface area contributed by atoms with Gasteiger partial charge in [-0.15, -0.1) is 0 Å². The highest BCUT2D eigenvalue weighted by Gasteiger charge is 2.30. The minimum atomic E-state index is 0.150. The van der Waals surface area contributed by atoms with Crippen molar-refractivity contribution in [3.8, 4) is 0 Å². The van der Waals surface area contributed by atoms with Gasteiger partial charge in [0.15, 0.2) is 0 Å². The molecule has 0 aromatic heterocycles. The molecule has 0 fully saturated rings. The van der Waals surface area contributed by atoms with E-state index >= 15 is 0 Å². The highest BCUT2D eigenvalue weighted by molar-refractivity contribution is 5.76. The molecule has 3 heteroatoms. The highest BCUT2D eigenvalue weighted by Crippen LogP contribution is 2.27. The Kier molecular flexibility index (Phi) is 2.52. The van der Waals surface area contributed by atoms with E-state index in [9.17, 15) is 4.79 Å². The second kappa shape index (κ2) is 4.37. The van der Waals surface area contributed by atoms with Crippen LogP contribution in [-0.2, 0) is 26.2 Å². The minimum Gasteiger partial charge on any atom is -0.316 e. The van der Waals surface area contributed by atoms with E-state index in [0.717, 1.165) is 26.2 Å². The Bertz CT molecular complexity index is 573. The van der Waals surface area contributed by atoms with Gasteiger partial charge in [-0.1, -0.05) is 48.5 Å². The lowest BCUT2D eigenvalue weighted by Gasteiger charge is -2.23. The van der Waals surface area contributed by atoms with Crippen molar-refractivity contribution in [3.05, 3.63) is 70.8 Å². The fraction of sp³-hybridized carbons (Fsp3) is 0.235. The number of nitrogens with zero attached hydrogens (tertiary/aromatic N) is 2. The Morgan fingerprint density at radius 1 is 0.650 bits per heavy atom. The zero-order chi connectivity index (χ0) is 13.5. The van der Waals surface area contributed by atoms with Crippen LogP contribution in [0.1, 0.15) is 22.3 Å². The molecule has 2 amide bonds. The second-order valence-corrected chi connectivity index (χ2v) is 5.53. The fourth-order valence-corrected chi connectivity index (χ4v) is 3.14. The van der Waals surface area contributed by atoms with Gasteiger partial charge in [-0.3, -0.25) is 0 Å². The molecule has 2 aromatic carbocycles. The van der Waals surface area contributed by atoms with Crippen LogP contribution in [0.3, 0.4) is 0 Å². The summed E-state index contributed by atoms with van der Waals surface area (Å²) in [5.41, 5.74) is 5.10. The molecule has 100 valence electrons. The third-order valence-corrected chi connectivity index (χ3v) is 4.22. The van der Waals surface area contributed by atoms with Crippen molar-refractivity contribution in [2.75, 3.05) is 0 Å². The van der Waals surface area contributed by atoms with Gasteiger partial charge in [0.2, 0.25) is 0 Å². The number of carbonyl (C=O) groups is 1. The molecule has 0 spiro atoms. The topological polar surface area (TPSA) is 23.6 Å². The number of benzene rings is 2. The van der Waals surface area contributed by atoms with Crippen LogP contribution >= 0.6 is 0 Å². The summed E-state index contributed by atoms with van der Waals surface area (Å²) < 4.78 is 0. The molecule has 2 heterocycles. The first kappa shape index (κ1) is 11.5. The van der Waals surface area contributed by atoms with Crippen molar-refractivity contribution in [2.24, 2.45) is 0 Å². The van der Waals surface area contributed by atoms with Gasteiger partial charge < -0.3 is 9.80 Å². The van der Waals surface area contributed by atoms with Crippen molar-refractivity contribution in [1.29, 1.82) is 0 Å². The summed E-state index contributed by atoms with van der Waals surface area (Å²) in [6, 6.07) is 16.8. The van der Waals surface area contributed by atoms with E-state index in [1.165, 1.54) is 22.3 Å². The van der Waals surface area contributed by atoms with Crippen LogP contribution in [0.5, 0.6) is 0 Å². The van der Waals surface area contributed by atoms with Crippen molar-refractivity contribution >= 4 is 6.03 Å². The van der Waals surface area contributed by atoms with Gasteiger partial charge in [-0.25, -0.2) is 4.79 Å². The number of hydrogen-bond donors (Lipinski definition) is 0. The molecule has 2 aliphatic heterocycles.